The number of hydrogen-bond donors (Lipinski definition) is 1. The van der Waals surface area contributed by atoms with Gasteiger partial charge in [0.25, 0.3) is 0 Å². The lowest BCUT2D eigenvalue weighted by Gasteiger charge is -2.23. The fraction of sp³-hybridized carbons (Fsp3) is 0.484. The van der Waals surface area contributed by atoms with Gasteiger partial charge >= 0.3 is 0 Å². The highest BCUT2D eigenvalue weighted by atomic mass is 16.5. The van der Waals surface area contributed by atoms with Crippen molar-refractivity contribution in [3.8, 4) is 17.0 Å². The summed E-state index contributed by atoms with van der Waals surface area (Å²) in [5.74, 6) is 2.29. The molecule has 0 radical (unpaired) electrons. The highest BCUT2D eigenvalue weighted by molar-refractivity contribution is 5.72. The van der Waals surface area contributed by atoms with E-state index in [1.54, 1.807) is 7.11 Å². The summed E-state index contributed by atoms with van der Waals surface area (Å²) in [7, 11) is 1.76. The van der Waals surface area contributed by atoms with Gasteiger partial charge in [0.1, 0.15) is 11.6 Å². The van der Waals surface area contributed by atoms with Gasteiger partial charge in [-0.2, -0.15) is 0 Å². The van der Waals surface area contributed by atoms with Gasteiger partial charge in [-0.15, -0.1) is 0 Å². The average molecular weight is 486 g/mol. The summed E-state index contributed by atoms with van der Waals surface area (Å²) in [6.07, 6.45) is 7.31. The quantitative estimate of drug-likeness (QED) is 0.373. The van der Waals surface area contributed by atoms with Gasteiger partial charge in [-0.25, -0.2) is 9.97 Å². The van der Waals surface area contributed by atoms with Crippen LogP contribution in [0, 0.1) is 0 Å². The van der Waals surface area contributed by atoms with Crippen molar-refractivity contribution in [3.05, 3.63) is 70.5 Å². The largest absolute Gasteiger partial charge is 0.496 e. The Morgan fingerprint density at radius 1 is 0.917 bits per heavy atom. The molecule has 5 heteroatoms. The number of benzene rings is 2. The average Bonchev–Trinajstić information content (AvgIpc) is 3.55. The Morgan fingerprint density at radius 3 is 2.36 bits per heavy atom. The number of hydrogen-bond acceptors (Lipinski definition) is 5. The number of nitrogens with one attached hydrogen (secondary N) is 1. The topological polar surface area (TPSA) is 56.3 Å². The summed E-state index contributed by atoms with van der Waals surface area (Å²) in [5, 5.41) is 3.79. The van der Waals surface area contributed by atoms with Crippen LogP contribution in [-0.4, -0.2) is 35.8 Å². The molecule has 0 saturated heterocycles. The van der Waals surface area contributed by atoms with Crippen LogP contribution < -0.4 is 10.1 Å². The van der Waals surface area contributed by atoms with E-state index in [0.29, 0.717) is 12.5 Å². The predicted molar refractivity (Wildman–Crippen MR) is 146 cm³/mol. The summed E-state index contributed by atoms with van der Waals surface area (Å²) in [6.45, 7) is 7.12. The van der Waals surface area contributed by atoms with E-state index in [1.165, 1.54) is 23.1 Å². The van der Waals surface area contributed by atoms with Crippen LogP contribution in [0.2, 0.25) is 0 Å². The Labute approximate surface area is 215 Å². The van der Waals surface area contributed by atoms with Crippen molar-refractivity contribution in [1.82, 2.24) is 9.97 Å². The van der Waals surface area contributed by atoms with E-state index in [4.69, 9.17) is 19.4 Å². The monoisotopic (exact) mass is 485 g/mol. The first kappa shape index (κ1) is 24.8. The molecule has 3 atom stereocenters. The van der Waals surface area contributed by atoms with Crippen LogP contribution in [0.5, 0.6) is 5.75 Å². The van der Waals surface area contributed by atoms with Crippen molar-refractivity contribution in [2.75, 3.05) is 19.0 Å². The van der Waals surface area contributed by atoms with Crippen LogP contribution in [-0.2, 0) is 30.4 Å². The molecule has 2 aliphatic carbocycles. The lowest BCUT2D eigenvalue weighted by molar-refractivity contribution is 0.0606. The van der Waals surface area contributed by atoms with Gasteiger partial charge in [-0.3, -0.25) is 0 Å². The van der Waals surface area contributed by atoms with Crippen LogP contribution in [0.1, 0.15) is 74.0 Å². The second-order valence-corrected chi connectivity index (χ2v) is 10.0. The molecule has 36 heavy (non-hydrogen) atoms. The van der Waals surface area contributed by atoms with Crippen molar-refractivity contribution in [2.24, 2.45) is 0 Å². The van der Waals surface area contributed by atoms with Crippen molar-refractivity contribution >= 4 is 5.82 Å². The molecule has 1 fully saturated rings. The maximum absolute atomic E-state index is 6.21. The molecule has 5 nitrogen and oxygen atoms in total. The first-order valence-electron chi connectivity index (χ1n) is 13.7. The number of rotatable bonds is 9. The molecule has 2 aromatic carbocycles. The molecule has 0 amide bonds. The number of ether oxygens (including phenoxy) is 2. The second kappa shape index (κ2) is 11.0. The Morgan fingerprint density at radius 2 is 1.67 bits per heavy atom. The van der Waals surface area contributed by atoms with E-state index in [9.17, 15) is 0 Å². The molecule has 5 rings (SSSR count). The molecule has 0 bridgehead atoms. The van der Waals surface area contributed by atoms with Gasteiger partial charge in [-0.1, -0.05) is 44.2 Å². The molecule has 3 unspecified atom stereocenters. The summed E-state index contributed by atoms with van der Waals surface area (Å²) in [4.78, 5) is 10.4. The maximum Gasteiger partial charge on any atom is 0.148 e. The smallest absolute Gasteiger partial charge is 0.148 e. The maximum atomic E-state index is 6.21. The van der Waals surface area contributed by atoms with E-state index < -0.39 is 0 Å². The third-order valence-corrected chi connectivity index (χ3v) is 7.86. The molecule has 3 aromatic rings. The van der Waals surface area contributed by atoms with Crippen LogP contribution in [0.15, 0.2) is 42.5 Å². The van der Waals surface area contributed by atoms with Crippen molar-refractivity contribution in [1.29, 1.82) is 0 Å². The van der Waals surface area contributed by atoms with Crippen LogP contribution in [0.25, 0.3) is 11.3 Å². The minimum absolute atomic E-state index is 0.160. The molecular weight excluding hydrogens is 446 g/mol. The zero-order valence-corrected chi connectivity index (χ0v) is 22.1. The highest BCUT2D eigenvalue weighted by Crippen LogP contribution is 2.40. The highest BCUT2D eigenvalue weighted by Gasteiger charge is 2.36. The van der Waals surface area contributed by atoms with Gasteiger partial charge < -0.3 is 14.8 Å². The zero-order chi connectivity index (χ0) is 25.1. The Hall–Kier alpha value is -2.92. The minimum Gasteiger partial charge on any atom is -0.496 e. The van der Waals surface area contributed by atoms with Crippen LogP contribution >= 0.6 is 0 Å². The summed E-state index contributed by atoms with van der Waals surface area (Å²) in [5.41, 5.74) is 8.27. The number of aromatic nitrogens is 2. The third-order valence-electron chi connectivity index (χ3n) is 7.86. The van der Waals surface area contributed by atoms with E-state index in [-0.39, 0.29) is 12.1 Å². The molecule has 0 spiro atoms. The van der Waals surface area contributed by atoms with E-state index in [2.05, 4.69) is 68.6 Å². The minimum atomic E-state index is 0.160. The number of anilines is 1. The van der Waals surface area contributed by atoms with Crippen LogP contribution in [0.3, 0.4) is 0 Å². The lowest BCUT2D eigenvalue weighted by atomic mass is 9.97. The summed E-state index contributed by atoms with van der Waals surface area (Å²) >= 11 is 0. The first-order chi connectivity index (χ1) is 17.6. The Balaban J connectivity index is 1.48. The SMILES string of the molecule is CCOC1CC(c2ccccc2)CC1Nc1nc(CC)c(-c2cc3c(cc2OC)CCC3)nc1CC. The van der Waals surface area contributed by atoms with Gasteiger partial charge in [-0.05, 0) is 86.6 Å². The molecule has 1 N–H and O–H groups in total. The van der Waals surface area contributed by atoms with Gasteiger partial charge in [0, 0.05) is 12.2 Å². The van der Waals surface area contributed by atoms with Gasteiger partial charge in [0.2, 0.25) is 0 Å². The lowest BCUT2D eigenvalue weighted by Crippen LogP contribution is -2.31. The zero-order valence-electron chi connectivity index (χ0n) is 22.1. The molecule has 1 aromatic heterocycles. The van der Waals surface area contributed by atoms with Gasteiger partial charge in [0.15, 0.2) is 0 Å². The molecule has 1 heterocycles. The Kier molecular flexibility index (Phi) is 7.56. The molecular formula is C31H39N3O2. The normalized spacial score (nSPS) is 20.9. The van der Waals surface area contributed by atoms with E-state index in [1.807, 2.05) is 0 Å². The summed E-state index contributed by atoms with van der Waals surface area (Å²) in [6, 6.07) is 15.5. The van der Waals surface area contributed by atoms with Crippen LogP contribution in [0.4, 0.5) is 5.82 Å². The van der Waals surface area contributed by atoms with E-state index in [0.717, 1.165) is 72.7 Å². The molecule has 1 saturated carbocycles. The molecule has 0 aliphatic heterocycles. The first-order valence-corrected chi connectivity index (χ1v) is 13.7. The number of fused-ring (bicyclic) bond motifs is 1. The Bertz CT molecular complexity index is 1190. The fourth-order valence-electron chi connectivity index (χ4n) is 6.01. The van der Waals surface area contributed by atoms with Gasteiger partial charge in [0.05, 0.1) is 36.3 Å². The van der Waals surface area contributed by atoms with Crippen molar-refractivity contribution < 1.29 is 9.47 Å². The van der Waals surface area contributed by atoms with E-state index >= 15 is 0 Å². The third kappa shape index (κ3) is 4.86. The summed E-state index contributed by atoms with van der Waals surface area (Å²) < 4.78 is 12.0. The van der Waals surface area contributed by atoms with Crippen molar-refractivity contribution in [3.63, 3.8) is 0 Å². The standard InChI is InChI=1S/C31H39N3O2/c1-5-25-30(24-16-21-14-11-15-22(21)18-28(24)35-4)32-26(6-2)31(33-25)34-27-17-23(19-29(27)36-7-3)20-12-9-8-10-13-20/h8-10,12-13,16,18,23,27,29H,5-7,11,14-15,17,19H2,1-4H3,(H,33,34). The number of aryl methyl sites for hydroxylation is 4. The predicted octanol–water partition coefficient (Wildman–Crippen LogP) is 6.53. The number of nitrogens with zero attached hydrogens (tertiary/aromatic N) is 2. The van der Waals surface area contributed by atoms with Crippen molar-refractivity contribution in [2.45, 2.75) is 83.8 Å². The number of methoxy groups -OCH3 is 1. The molecule has 2 aliphatic rings. The second-order valence-electron chi connectivity index (χ2n) is 10.0. The fourth-order valence-corrected chi connectivity index (χ4v) is 6.01. The molecule has 190 valence electrons.